The molecule has 0 aliphatic rings. The Hall–Kier alpha value is -2.74. The number of aromatic carboxylic acids is 1. The van der Waals surface area contributed by atoms with Gasteiger partial charge in [-0.2, -0.15) is 13.2 Å². The minimum atomic E-state index is -4.41. The highest BCUT2D eigenvalue weighted by Gasteiger charge is 2.30. The molecule has 0 fully saturated rings. The molecule has 0 aliphatic heterocycles. The van der Waals surface area contributed by atoms with Gasteiger partial charge < -0.3 is 14.6 Å². The fourth-order valence-electron chi connectivity index (χ4n) is 2.43. The van der Waals surface area contributed by atoms with Crippen LogP contribution in [0.15, 0.2) is 42.5 Å². The van der Waals surface area contributed by atoms with Gasteiger partial charge in [-0.1, -0.05) is 23.5 Å². The van der Waals surface area contributed by atoms with Crippen molar-refractivity contribution in [3.8, 4) is 10.8 Å². The van der Waals surface area contributed by atoms with Gasteiger partial charge in [0, 0.05) is 16.2 Å². The van der Waals surface area contributed by atoms with Crippen molar-refractivity contribution in [2.75, 3.05) is 7.11 Å². The molecular formula is C18H13F3O4S. The molecule has 0 unspecified atom stereocenters. The summed E-state index contributed by atoms with van der Waals surface area (Å²) in [4.78, 5) is 11.5. The topological polar surface area (TPSA) is 55.8 Å². The minimum absolute atomic E-state index is 0.0233. The number of hydrogen-bond acceptors (Lipinski definition) is 4. The average molecular weight is 382 g/mol. The zero-order chi connectivity index (χ0) is 18.9. The molecule has 0 spiro atoms. The van der Waals surface area contributed by atoms with Crippen molar-refractivity contribution in [2.45, 2.75) is 12.8 Å². The second-order valence-electron chi connectivity index (χ2n) is 5.41. The van der Waals surface area contributed by atoms with E-state index in [1.165, 1.54) is 36.6 Å². The maximum atomic E-state index is 12.6. The molecule has 0 atom stereocenters. The fourth-order valence-corrected chi connectivity index (χ4v) is 3.31. The summed E-state index contributed by atoms with van der Waals surface area (Å²) in [6, 6.07) is 9.30. The highest BCUT2D eigenvalue weighted by atomic mass is 32.1. The number of carboxylic acids is 1. The van der Waals surface area contributed by atoms with Gasteiger partial charge in [0.1, 0.15) is 17.9 Å². The van der Waals surface area contributed by atoms with Gasteiger partial charge in [-0.25, -0.2) is 4.79 Å². The SMILES string of the molecule is COc1cc2c(OCc3ccc(C(F)(F)F)cc3)c(C(=O)O)ccc2s1. The van der Waals surface area contributed by atoms with Crippen LogP contribution in [0.5, 0.6) is 10.8 Å². The third-order valence-electron chi connectivity index (χ3n) is 3.72. The molecule has 26 heavy (non-hydrogen) atoms. The Morgan fingerprint density at radius 1 is 1.15 bits per heavy atom. The molecule has 4 nitrogen and oxygen atoms in total. The number of carbonyl (C=O) groups is 1. The second-order valence-corrected chi connectivity index (χ2v) is 6.46. The second kappa shape index (κ2) is 6.87. The number of fused-ring (bicyclic) bond motifs is 1. The van der Waals surface area contributed by atoms with E-state index in [2.05, 4.69) is 0 Å². The van der Waals surface area contributed by atoms with Crippen LogP contribution in [0, 0.1) is 0 Å². The molecule has 1 N–H and O–H groups in total. The molecule has 8 heteroatoms. The van der Waals surface area contributed by atoms with Gasteiger partial charge in [-0.15, -0.1) is 0 Å². The molecule has 0 saturated carbocycles. The summed E-state index contributed by atoms with van der Waals surface area (Å²) in [6.45, 7) is -0.0598. The smallest absolute Gasteiger partial charge is 0.416 e. The molecule has 2 aromatic carbocycles. The lowest BCUT2D eigenvalue weighted by Gasteiger charge is -2.12. The van der Waals surface area contributed by atoms with Crippen LogP contribution in [-0.2, 0) is 12.8 Å². The molecule has 3 aromatic rings. The molecular weight excluding hydrogens is 369 g/mol. The standard InChI is InChI=1S/C18H13F3O4S/c1-24-15-8-13-14(26-15)7-6-12(17(22)23)16(13)25-9-10-2-4-11(5-3-10)18(19,20)21/h2-8H,9H2,1H3,(H,22,23). The van der Waals surface area contributed by atoms with Gasteiger partial charge in [0.2, 0.25) is 0 Å². The van der Waals surface area contributed by atoms with E-state index in [0.717, 1.165) is 16.8 Å². The van der Waals surface area contributed by atoms with Gasteiger partial charge >= 0.3 is 12.1 Å². The van der Waals surface area contributed by atoms with E-state index in [-0.39, 0.29) is 17.9 Å². The van der Waals surface area contributed by atoms with Crippen molar-refractivity contribution in [1.29, 1.82) is 0 Å². The van der Waals surface area contributed by atoms with E-state index in [1.54, 1.807) is 12.1 Å². The molecule has 0 aliphatic carbocycles. The molecule has 1 aromatic heterocycles. The third kappa shape index (κ3) is 3.60. The van der Waals surface area contributed by atoms with Crippen LogP contribution < -0.4 is 9.47 Å². The number of ether oxygens (including phenoxy) is 2. The van der Waals surface area contributed by atoms with Crippen molar-refractivity contribution in [1.82, 2.24) is 0 Å². The molecule has 0 radical (unpaired) electrons. The summed E-state index contributed by atoms with van der Waals surface area (Å²) < 4.78 is 49.5. The summed E-state index contributed by atoms with van der Waals surface area (Å²) in [5, 5.41) is 10.6. The number of carboxylic acid groups (broad SMARTS) is 1. The number of methoxy groups -OCH3 is 1. The van der Waals surface area contributed by atoms with Crippen molar-refractivity contribution in [3.63, 3.8) is 0 Å². The predicted molar refractivity (Wildman–Crippen MR) is 91.1 cm³/mol. The van der Waals surface area contributed by atoms with Crippen LogP contribution in [0.2, 0.25) is 0 Å². The van der Waals surface area contributed by atoms with E-state index in [4.69, 9.17) is 9.47 Å². The Labute approximate surface area is 150 Å². The Kier molecular flexibility index (Phi) is 4.78. The summed E-state index contributed by atoms with van der Waals surface area (Å²) in [5.74, 6) is -0.992. The molecule has 0 saturated heterocycles. The zero-order valence-electron chi connectivity index (χ0n) is 13.5. The van der Waals surface area contributed by atoms with Gasteiger partial charge in [0.15, 0.2) is 5.06 Å². The number of halogens is 3. The number of rotatable bonds is 5. The van der Waals surface area contributed by atoms with E-state index < -0.39 is 17.7 Å². The lowest BCUT2D eigenvalue weighted by atomic mass is 10.1. The largest absolute Gasteiger partial charge is 0.487 e. The molecule has 136 valence electrons. The van der Waals surface area contributed by atoms with Crippen LogP contribution >= 0.6 is 11.3 Å². The summed E-state index contributed by atoms with van der Waals surface area (Å²) in [7, 11) is 1.51. The fraction of sp³-hybridized carbons (Fsp3) is 0.167. The average Bonchev–Trinajstić information content (AvgIpc) is 3.02. The van der Waals surface area contributed by atoms with Crippen LogP contribution in [0.25, 0.3) is 10.1 Å². The number of hydrogen-bond donors (Lipinski definition) is 1. The third-order valence-corrected chi connectivity index (χ3v) is 4.79. The maximum absolute atomic E-state index is 12.6. The minimum Gasteiger partial charge on any atom is -0.487 e. The van der Waals surface area contributed by atoms with Gasteiger partial charge in [0.25, 0.3) is 0 Å². The first-order chi connectivity index (χ1) is 12.3. The number of thiophene rings is 1. The Morgan fingerprint density at radius 3 is 2.42 bits per heavy atom. The highest BCUT2D eigenvalue weighted by molar-refractivity contribution is 7.20. The van der Waals surface area contributed by atoms with Crippen molar-refractivity contribution < 1.29 is 32.5 Å². The summed E-state index contributed by atoms with van der Waals surface area (Å²) in [6.07, 6.45) is -4.41. The van der Waals surface area contributed by atoms with Crippen molar-refractivity contribution >= 4 is 27.4 Å². The highest BCUT2D eigenvalue weighted by Crippen LogP contribution is 2.39. The van der Waals surface area contributed by atoms with Crippen LogP contribution in [0.4, 0.5) is 13.2 Å². The van der Waals surface area contributed by atoms with E-state index in [0.29, 0.717) is 16.0 Å². The predicted octanol–water partition coefficient (Wildman–Crippen LogP) is 5.21. The quantitative estimate of drug-likeness (QED) is 0.659. The van der Waals surface area contributed by atoms with E-state index >= 15 is 0 Å². The zero-order valence-corrected chi connectivity index (χ0v) is 14.3. The molecule has 3 rings (SSSR count). The Bertz CT molecular complexity index is 945. The first kappa shape index (κ1) is 18.1. The van der Waals surface area contributed by atoms with Crippen molar-refractivity contribution in [2.24, 2.45) is 0 Å². The lowest BCUT2D eigenvalue weighted by Crippen LogP contribution is -2.06. The van der Waals surface area contributed by atoms with Gasteiger partial charge in [-0.3, -0.25) is 0 Å². The first-order valence-electron chi connectivity index (χ1n) is 7.42. The molecule has 0 amide bonds. The van der Waals surface area contributed by atoms with Crippen LogP contribution in [-0.4, -0.2) is 18.2 Å². The van der Waals surface area contributed by atoms with Gasteiger partial charge in [0.05, 0.1) is 12.7 Å². The van der Waals surface area contributed by atoms with E-state index in [9.17, 15) is 23.1 Å². The lowest BCUT2D eigenvalue weighted by molar-refractivity contribution is -0.137. The molecule has 0 bridgehead atoms. The molecule has 1 heterocycles. The van der Waals surface area contributed by atoms with Crippen LogP contribution in [0.1, 0.15) is 21.5 Å². The monoisotopic (exact) mass is 382 g/mol. The number of alkyl halides is 3. The normalized spacial score (nSPS) is 11.5. The first-order valence-corrected chi connectivity index (χ1v) is 8.24. The van der Waals surface area contributed by atoms with Gasteiger partial charge in [-0.05, 0) is 29.8 Å². The van der Waals surface area contributed by atoms with Crippen molar-refractivity contribution in [3.05, 3.63) is 59.2 Å². The Balaban J connectivity index is 1.91. The van der Waals surface area contributed by atoms with Crippen LogP contribution in [0.3, 0.4) is 0 Å². The Morgan fingerprint density at radius 2 is 1.85 bits per heavy atom. The summed E-state index contributed by atoms with van der Waals surface area (Å²) in [5.41, 5.74) is -0.282. The number of benzene rings is 2. The van der Waals surface area contributed by atoms with E-state index in [1.807, 2.05) is 0 Å². The maximum Gasteiger partial charge on any atom is 0.416 e. The summed E-state index contributed by atoms with van der Waals surface area (Å²) >= 11 is 1.34.